The second kappa shape index (κ2) is 12.2. The van der Waals surface area contributed by atoms with E-state index in [2.05, 4.69) is 82.3 Å². The highest BCUT2D eigenvalue weighted by Crippen LogP contribution is 2.57. The Hall–Kier alpha value is 0.107. The van der Waals surface area contributed by atoms with Gasteiger partial charge in [-0.2, -0.15) is 0 Å². The van der Waals surface area contributed by atoms with Crippen LogP contribution in [0.2, 0.25) is 18.1 Å². The zero-order chi connectivity index (χ0) is 22.3. The van der Waals surface area contributed by atoms with E-state index in [0.717, 1.165) is 0 Å². The van der Waals surface area contributed by atoms with Crippen LogP contribution in [0, 0.1) is 5.41 Å². The van der Waals surface area contributed by atoms with Crippen molar-refractivity contribution in [3.05, 3.63) is 0 Å². The van der Waals surface area contributed by atoms with E-state index in [9.17, 15) is 0 Å². The molecule has 0 saturated carbocycles. The Morgan fingerprint density at radius 2 is 0.966 bits per heavy atom. The molecule has 1 unspecified atom stereocenters. The molecular formula is C26H58FNSi. The summed E-state index contributed by atoms with van der Waals surface area (Å²) in [5.41, 5.74) is 0.321. The number of nitrogens with zero attached hydrogens (tertiary/aromatic N) is 1. The topological polar surface area (TPSA) is 0 Å². The van der Waals surface area contributed by atoms with Gasteiger partial charge >= 0.3 is 0 Å². The summed E-state index contributed by atoms with van der Waals surface area (Å²) in [6, 6.07) is 0. The van der Waals surface area contributed by atoms with Crippen LogP contribution in [0.15, 0.2) is 0 Å². The lowest BCUT2D eigenvalue weighted by Gasteiger charge is -2.68. The minimum atomic E-state index is -1.65. The lowest BCUT2D eigenvalue weighted by Crippen LogP contribution is -3.00. The molecule has 29 heavy (non-hydrogen) atoms. The summed E-state index contributed by atoms with van der Waals surface area (Å²) >= 11 is 0. The van der Waals surface area contributed by atoms with Crippen molar-refractivity contribution in [1.29, 1.82) is 0 Å². The first-order chi connectivity index (χ1) is 12.7. The van der Waals surface area contributed by atoms with Crippen LogP contribution in [0.4, 0.5) is 0 Å². The number of unbranched alkanes of at least 4 members (excludes halogenated alkanes) is 3. The van der Waals surface area contributed by atoms with E-state index in [1.165, 1.54) is 75.5 Å². The standard InChI is InChI=1S/C26H58NSi.FH/c1-13-17-21-27(22-18-14-2,23-19-15-3)26(20-16-4,24(5,6)7)28(11,12)25(8,9)10;/h13-23H2,1-12H3;1H/q+1;/p-1. The summed E-state index contributed by atoms with van der Waals surface area (Å²) < 4.78 is 1.40. The van der Waals surface area contributed by atoms with E-state index in [0.29, 0.717) is 15.6 Å². The predicted molar refractivity (Wildman–Crippen MR) is 134 cm³/mol. The molecule has 0 aromatic rings. The second-order valence-electron chi connectivity index (χ2n) is 12.1. The van der Waals surface area contributed by atoms with E-state index in [4.69, 9.17) is 0 Å². The third kappa shape index (κ3) is 6.31. The van der Waals surface area contributed by atoms with Crippen LogP contribution in [0.5, 0.6) is 0 Å². The molecule has 0 saturated heterocycles. The fourth-order valence-electron chi connectivity index (χ4n) is 6.44. The fraction of sp³-hybridized carbons (Fsp3) is 1.00. The Kier molecular flexibility index (Phi) is 13.2. The van der Waals surface area contributed by atoms with Crippen molar-refractivity contribution in [3.8, 4) is 0 Å². The number of hydrogen-bond donors (Lipinski definition) is 0. The average Bonchev–Trinajstić information content (AvgIpc) is 2.57. The molecule has 0 rings (SSSR count). The molecule has 0 radical (unpaired) electrons. The van der Waals surface area contributed by atoms with Crippen molar-refractivity contribution in [2.45, 2.75) is 144 Å². The molecule has 0 aliphatic carbocycles. The van der Waals surface area contributed by atoms with Crippen LogP contribution in [0.25, 0.3) is 0 Å². The SMILES string of the molecule is CCCC[N+](CCCC)(CCCC)C(CCC)(C(C)(C)C)[Si](C)(C)C(C)(C)C.[F-]. The zero-order valence-electron chi connectivity index (χ0n) is 22.6. The second-order valence-corrected chi connectivity index (χ2v) is 17.7. The van der Waals surface area contributed by atoms with Crippen molar-refractivity contribution < 1.29 is 9.19 Å². The minimum absolute atomic E-state index is 0. The molecule has 178 valence electrons. The smallest absolute Gasteiger partial charge is 0.127 e. The normalized spacial score (nSPS) is 15.7. The summed E-state index contributed by atoms with van der Waals surface area (Å²) in [6.45, 7) is 34.8. The van der Waals surface area contributed by atoms with Gasteiger partial charge in [-0.15, -0.1) is 0 Å². The molecule has 0 amide bonds. The first kappa shape index (κ1) is 31.3. The summed E-state index contributed by atoms with van der Waals surface area (Å²) in [4.78, 5) is 0. The molecule has 0 aromatic heterocycles. The van der Waals surface area contributed by atoms with Gasteiger partial charge in [0.25, 0.3) is 0 Å². The van der Waals surface area contributed by atoms with Gasteiger partial charge in [-0.05, 0) is 30.7 Å². The van der Waals surface area contributed by atoms with Crippen molar-refractivity contribution in [1.82, 2.24) is 0 Å². The molecule has 0 spiro atoms. The van der Waals surface area contributed by atoms with Crippen LogP contribution in [0.1, 0.15) is 121 Å². The highest BCUT2D eigenvalue weighted by atomic mass is 28.3. The van der Waals surface area contributed by atoms with Gasteiger partial charge in [-0.25, -0.2) is 0 Å². The Morgan fingerprint density at radius 3 is 1.17 bits per heavy atom. The number of halogens is 1. The largest absolute Gasteiger partial charge is 1.00 e. The maximum atomic E-state index is 2.75. The quantitative estimate of drug-likeness (QED) is 0.254. The first-order valence-electron chi connectivity index (χ1n) is 12.6. The van der Waals surface area contributed by atoms with Gasteiger partial charge in [0, 0.05) is 5.41 Å². The molecule has 3 heteroatoms. The molecule has 0 fully saturated rings. The van der Waals surface area contributed by atoms with Crippen molar-refractivity contribution >= 4 is 8.07 Å². The highest BCUT2D eigenvalue weighted by Gasteiger charge is 2.68. The van der Waals surface area contributed by atoms with Crippen LogP contribution in [-0.4, -0.2) is 37.4 Å². The Morgan fingerprint density at radius 1 is 0.621 bits per heavy atom. The predicted octanol–water partition coefficient (Wildman–Crippen LogP) is 5.84. The van der Waals surface area contributed by atoms with Gasteiger partial charge in [0.15, 0.2) is 0 Å². The molecule has 0 aliphatic rings. The summed E-state index contributed by atoms with van der Waals surface area (Å²) in [7, 11) is -1.65. The van der Waals surface area contributed by atoms with Gasteiger partial charge < -0.3 is 9.19 Å². The summed E-state index contributed by atoms with van der Waals surface area (Å²) in [5.74, 6) is 0. The maximum Gasteiger partial charge on any atom is 0.127 e. The third-order valence-corrected chi connectivity index (χ3v) is 15.7. The van der Waals surface area contributed by atoms with E-state index in [1.807, 2.05) is 0 Å². The average molecular weight is 432 g/mol. The maximum absolute atomic E-state index is 2.75. The highest BCUT2D eigenvalue weighted by molar-refractivity contribution is 6.83. The molecule has 0 heterocycles. The monoisotopic (exact) mass is 431 g/mol. The van der Waals surface area contributed by atoms with Crippen molar-refractivity contribution in [2.75, 3.05) is 19.6 Å². The Bertz CT molecular complexity index is 411. The van der Waals surface area contributed by atoms with E-state index < -0.39 is 8.07 Å². The van der Waals surface area contributed by atoms with Gasteiger partial charge in [-0.3, -0.25) is 0 Å². The van der Waals surface area contributed by atoms with Crippen LogP contribution in [-0.2, 0) is 0 Å². The molecule has 1 atom stereocenters. The first-order valence-corrected chi connectivity index (χ1v) is 15.6. The molecule has 0 N–H and O–H groups in total. The van der Waals surface area contributed by atoms with Crippen molar-refractivity contribution in [3.63, 3.8) is 0 Å². The van der Waals surface area contributed by atoms with E-state index in [-0.39, 0.29) is 4.70 Å². The number of rotatable bonds is 13. The minimum Gasteiger partial charge on any atom is -1.00 e. The fourth-order valence-corrected chi connectivity index (χ4v) is 12.0. The van der Waals surface area contributed by atoms with Crippen molar-refractivity contribution in [2.24, 2.45) is 5.41 Å². The number of quaternary nitrogens is 1. The van der Waals surface area contributed by atoms with Gasteiger partial charge in [0.1, 0.15) is 8.07 Å². The van der Waals surface area contributed by atoms with Gasteiger partial charge in [0.05, 0.1) is 24.8 Å². The molecule has 0 aromatic carbocycles. The van der Waals surface area contributed by atoms with Crippen LogP contribution in [0.3, 0.4) is 0 Å². The lowest BCUT2D eigenvalue weighted by molar-refractivity contribution is -0.972. The van der Waals surface area contributed by atoms with Gasteiger partial charge in [-0.1, -0.05) is 108 Å². The van der Waals surface area contributed by atoms with Crippen LogP contribution < -0.4 is 4.70 Å². The molecule has 0 aliphatic heterocycles. The zero-order valence-corrected chi connectivity index (χ0v) is 23.6. The van der Waals surface area contributed by atoms with E-state index >= 15 is 0 Å². The number of hydrogen-bond acceptors (Lipinski definition) is 0. The van der Waals surface area contributed by atoms with Crippen LogP contribution >= 0.6 is 0 Å². The summed E-state index contributed by atoms with van der Waals surface area (Å²) in [6.07, 6.45) is 10.8. The third-order valence-electron chi connectivity index (χ3n) is 8.39. The molecule has 1 nitrogen and oxygen atoms in total. The Labute approximate surface area is 186 Å². The lowest BCUT2D eigenvalue weighted by atomic mass is 9.79. The van der Waals surface area contributed by atoms with Gasteiger partial charge in [0.2, 0.25) is 0 Å². The summed E-state index contributed by atoms with van der Waals surface area (Å²) in [5, 5.41) is 0.816. The molecular weight excluding hydrogens is 373 g/mol. The van der Waals surface area contributed by atoms with E-state index in [1.54, 1.807) is 0 Å². The molecule has 0 bridgehead atoms. The Balaban J connectivity index is 0.